The Kier molecular flexibility index (Phi) is 5.17. The highest BCUT2D eigenvalue weighted by atomic mass is 32.1. The Balaban J connectivity index is 2.00. The van der Waals surface area contributed by atoms with E-state index in [-0.39, 0.29) is 5.41 Å². The standard InChI is InChI=1S/C18H26N2S/c1-6-16(14-9-7-13(2)8-10-14)19-11-15-12-21-17(20-15)18(3,4)5/h7-10,12,16,19H,6,11H2,1-5H3. The molecule has 0 fully saturated rings. The number of rotatable bonds is 5. The molecule has 0 amide bonds. The molecule has 0 aliphatic rings. The maximum atomic E-state index is 4.75. The first-order valence-electron chi connectivity index (χ1n) is 7.65. The number of aromatic nitrogens is 1. The van der Waals surface area contributed by atoms with Gasteiger partial charge in [0.25, 0.3) is 0 Å². The summed E-state index contributed by atoms with van der Waals surface area (Å²) in [6.07, 6.45) is 1.08. The smallest absolute Gasteiger partial charge is 0.0982 e. The van der Waals surface area contributed by atoms with Crippen molar-refractivity contribution in [3.63, 3.8) is 0 Å². The average Bonchev–Trinajstić information content (AvgIpc) is 2.90. The molecule has 1 aromatic heterocycles. The number of nitrogens with one attached hydrogen (secondary N) is 1. The maximum absolute atomic E-state index is 4.75. The minimum Gasteiger partial charge on any atom is -0.304 e. The fourth-order valence-electron chi connectivity index (χ4n) is 2.26. The molecular formula is C18H26N2S. The van der Waals surface area contributed by atoms with E-state index in [9.17, 15) is 0 Å². The van der Waals surface area contributed by atoms with Crippen molar-refractivity contribution in [1.82, 2.24) is 10.3 Å². The SMILES string of the molecule is CCC(NCc1csc(C(C)(C)C)n1)c1ccc(C)cc1. The highest BCUT2D eigenvalue weighted by Crippen LogP contribution is 2.26. The maximum Gasteiger partial charge on any atom is 0.0982 e. The third kappa shape index (κ3) is 4.39. The second kappa shape index (κ2) is 6.71. The summed E-state index contributed by atoms with van der Waals surface area (Å²) in [5, 5.41) is 7.02. The van der Waals surface area contributed by atoms with Gasteiger partial charge in [0.2, 0.25) is 0 Å². The zero-order valence-electron chi connectivity index (χ0n) is 13.7. The van der Waals surface area contributed by atoms with Crippen LogP contribution in [-0.2, 0) is 12.0 Å². The Morgan fingerprint density at radius 3 is 2.38 bits per heavy atom. The van der Waals surface area contributed by atoms with Crippen LogP contribution in [0.4, 0.5) is 0 Å². The summed E-state index contributed by atoms with van der Waals surface area (Å²) < 4.78 is 0. The summed E-state index contributed by atoms with van der Waals surface area (Å²) in [7, 11) is 0. The molecule has 1 atom stereocenters. The first kappa shape index (κ1) is 16.2. The van der Waals surface area contributed by atoms with Crippen LogP contribution in [-0.4, -0.2) is 4.98 Å². The predicted molar refractivity (Wildman–Crippen MR) is 91.9 cm³/mol. The fourth-order valence-corrected chi connectivity index (χ4v) is 3.16. The lowest BCUT2D eigenvalue weighted by Crippen LogP contribution is -2.20. The van der Waals surface area contributed by atoms with Crippen LogP contribution in [0.1, 0.15) is 62.0 Å². The van der Waals surface area contributed by atoms with Crippen molar-refractivity contribution in [1.29, 1.82) is 0 Å². The Bertz CT molecular complexity index is 564. The van der Waals surface area contributed by atoms with Crippen LogP contribution < -0.4 is 5.32 Å². The van der Waals surface area contributed by atoms with Gasteiger partial charge >= 0.3 is 0 Å². The molecular weight excluding hydrogens is 276 g/mol. The first-order valence-corrected chi connectivity index (χ1v) is 8.53. The van der Waals surface area contributed by atoms with Crippen LogP contribution >= 0.6 is 11.3 Å². The van der Waals surface area contributed by atoms with Gasteiger partial charge in [0.1, 0.15) is 0 Å². The molecule has 2 aromatic rings. The number of thiazole rings is 1. The predicted octanol–water partition coefficient (Wildman–Crippen LogP) is 4.99. The molecule has 1 heterocycles. The van der Waals surface area contributed by atoms with Gasteiger partial charge < -0.3 is 5.32 Å². The van der Waals surface area contributed by atoms with Gasteiger partial charge in [-0.1, -0.05) is 57.5 Å². The summed E-state index contributed by atoms with van der Waals surface area (Å²) in [5.41, 5.74) is 3.96. The molecule has 0 aliphatic carbocycles. The Labute approximate surface area is 132 Å². The number of hydrogen-bond donors (Lipinski definition) is 1. The van der Waals surface area contributed by atoms with Crippen molar-refractivity contribution in [3.05, 3.63) is 51.5 Å². The van der Waals surface area contributed by atoms with E-state index < -0.39 is 0 Å². The molecule has 114 valence electrons. The highest BCUT2D eigenvalue weighted by Gasteiger charge is 2.18. The van der Waals surface area contributed by atoms with Gasteiger partial charge in [-0.05, 0) is 18.9 Å². The molecule has 0 aliphatic heterocycles. The molecule has 21 heavy (non-hydrogen) atoms. The van der Waals surface area contributed by atoms with Crippen molar-refractivity contribution in [2.75, 3.05) is 0 Å². The van der Waals surface area contributed by atoms with Crippen LogP contribution in [0.2, 0.25) is 0 Å². The van der Waals surface area contributed by atoms with Crippen LogP contribution in [0.5, 0.6) is 0 Å². The summed E-state index contributed by atoms with van der Waals surface area (Å²) >= 11 is 1.76. The molecule has 0 saturated carbocycles. The number of nitrogens with zero attached hydrogens (tertiary/aromatic N) is 1. The molecule has 0 radical (unpaired) electrons. The molecule has 1 aromatic carbocycles. The van der Waals surface area contributed by atoms with Gasteiger partial charge in [-0.3, -0.25) is 0 Å². The van der Waals surface area contributed by atoms with Gasteiger partial charge in [0, 0.05) is 23.4 Å². The molecule has 0 bridgehead atoms. The molecule has 3 heteroatoms. The first-order chi connectivity index (χ1) is 9.90. The summed E-state index contributed by atoms with van der Waals surface area (Å²) in [5.74, 6) is 0. The van der Waals surface area contributed by atoms with Gasteiger partial charge in [-0.2, -0.15) is 0 Å². The van der Waals surface area contributed by atoms with Gasteiger partial charge in [-0.25, -0.2) is 4.98 Å². The van der Waals surface area contributed by atoms with E-state index in [0.717, 1.165) is 18.7 Å². The third-order valence-corrected chi connectivity index (χ3v) is 4.93. The lowest BCUT2D eigenvalue weighted by Gasteiger charge is -2.17. The molecule has 0 spiro atoms. The van der Waals surface area contributed by atoms with Gasteiger partial charge in [0.05, 0.1) is 10.7 Å². The molecule has 2 rings (SSSR count). The van der Waals surface area contributed by atoms with Crippen molar-refractivity contribution >= 4 is 11.3 Å². The minimum absolute atomic E-state index is 0.143. The lowest BCUT2D eigenvalue weighted by molar-refractivity contribution is 0.512. The van der Waals surface area contributed by atoms with Crippen LogP contribution in [0.15, 0.2) is 29.6 Å². The van der Waals surface area contributed by atoms with Gasteiger partial charge in [-0.15, -0.1) is 11.3 Å². The Morgan fingerprint density at radius 2 is 1.86 bits per heavy atom. The second-order valence-corrected chi connectivity index (χ2v) is 7.50. The minimum atomic E-state index is 0.143. The normalized spacial score (nSPS) is 13.4. The topological polar surface area (TPSA) is 24.9 Å². The average molecular weight is 302 g/mol. The monoisotopic (exact) mass is 302 g/mol. The zero-order chi connectivity index (χ0) is 15.5. The van der Waals surface area contributed by atoms with E-state index in [1.165, 1.54) is 16.1 Å². The number of aryl methyl sites for hydroxylation is 1. The Morgan fingerprint density at radius 1 is 1.19 bits per heavy atom. The molecule has 1 unspecified atom stereocenters. The third-order valence-electron chi connectivity index (χ3n) is 3.61. The zero-order valence-corrected chi connectivity index (χ0v) is 14.6. The van der Waals surface area contributed by atoms with E-state index in [0.29, 0.717) is 6.04 Å². The fraction of sp³-hybridized carbons (Fsp3) is 0.500. The van der Waals surface area contributed by atoms with Crippen molar-refractivity contribution in [2.24, 2.45) is 0 Å². The highest BCUT2D eigenvalue weighted by molar-refractivity contribution is 7.09. The van der Waals surface area contributed by atoms with Gasteiger partial charge in [0.15, 0.2) is 0 Å². The van der Waals surface area contributed by atoms with Crippen molar-refractivity contribution < 1.29 is 0 Å². The van der Waals surface area contributed by atoms with Crippen LogP contribution in [0, 0.1) is 6.92 Å². The van der Waals surface area contributed by atoms with E-state index in [2.05, 4.69) is 69.6 Å². The second-order valence-electron chi connectivity index (χ2n) is 6.65. The molecule has 1 N–H and O–H groups in total. The van der Waals surface area contributed by atoms with E-state index >= 15 is 0 Å². The number of benzene rings is 1. The van der Waals surface area contributed by atoms with E-state index in [1.807, 2.05) is 0 Å². The Hall–Kier alpha value is -1.19. The molecule has 2 nitrogen and oxygen atoms in total. The quantitative estimate of drug-likeness (QED) is 0.841. The largest absolute Gasteiger partial charge is 0.304 e. The van der Waals surface area contributed by atoms with E-state index in [4.69, 9.17) is 4.98 Å². The van der Waals surface area contributed by atoms with Crippen LogP contribution in [0.25, 0.3) is 0 Å². The summed E-state index contributed by atoms with van der Waals surface area (Å²) in [6, 6.07) is 9.20. The summed E-state index contributed by atoms with van der Waals surface area (Å²) in [6.45, 7) is 11.8. The lowest BCUT2D eigenvalue weighted by atomic mass is 9.98. The summed E-state index contributed by atoms with van der Waals surface area (Å²) in [4.78, 5) is 4.75. The van der Waals surface area contributed by atoms with Crippen molar-refractivity contribution in [2.45, 2.75) is 59.0 Å². The number of hydrogen-bond acceptors (Lipinski definition) is 3. The van der Waals surface area contributed by atoms with E-state index in [1.54, 1.807) is 11.3 Å². The van der Waals surface area contributed by atoms with Crippen LogP contribution in [0.3, 0.4) is 0 Å². The molecule has 0 saturated heterocycles. The van der Waals surface area contributed by atoms with Crippen molar-refractivity contribution in [3.8, 4) is 0 Å².